The number of hydrogen-bond donors (Lipinski definition) is 1. The summed E-state index contributed by atoms with van der Waals surface area (Å²) in [7, 11) is 4.18. The summed E-state index contributed by atoms with van der Waals surface area (Å²) in [6.07, 6.45) is 8.23. The van der Waals surface area contributed by atoms with Gasteiger partial charge in [-0.1, -0.05) is 36.4 Å². The molecule has 1 aliphatic rings. The second-order valence-electron chi connectivity index (χ2n) is 8.82. The van der Waals surface area contributed by atoms with Crippen LogP contribution in [0.2, 0.25) is 0 Å². The second-order valence-corrected chi connectivity index (χ2v) is 8.82. The van der Waals surface area contributed by atoms with Crippen LogP contribution in [0.5, 0.6) is 0 Å². The smallest absolute Gasteiger partial charge is 0.0491 e. The zero-order chi connectivity index (χ0) is 21.2. The predicted molar refractivity (Wildman–Crippen MR) is 131 cm³/mol. The van der Waals surface area contributed by atoms with Crippen LogP contribution < -0.4 is 10.2 Å². The SMILES string of the molecule is CN(C)c1cccc(CNc2ccccc2Cc2c3c(n4ccccc24)CCCC3)c1. The van der Waals surface area contributed by atoms with E-state index in [1.807, 2.05) is 0 Å². The van der Waals surface area contributed by atoms with Gasteiger partial charge in [-0.3, -0.25) is 0 Å². The zero-order valence-corrected chi connectivity index (χ0v) is 18.6. The molecule has 0 atom stereocenters. The van der Waals surface area contributed by atoms with E-state index in [0.717, 1.165) is 13.0 Å². The second kappa shape index (κ2) is 8.50. The van der Waals surface area contributed by atoms with E-state index in [2.05, 4.69) is 102 Å². The van der Waals surface area contributed by atoms with Gasteiger partial charge in [0.05, 0.1) is 0 Å². The molecule has 0 saturated heterocycles. The van der Waals surface area contributed by atoms with Crippen molar-refractivity contribution in [2.75, 3.05) is 24.3 Å². The molecular weight excluding hydrogens is 378 g/mol. The van der Waals surface area contributed by atoms with Crippen LogP contribution in [0.3, 0.4) is 0 Å². The first-order chi connectivity index (χ1) is 15.2. The highest BCUT2D eigenvalue weighted by molar-refractivity contribution is 5.66. The van der Waals surface area contributed by atoms with E-state index in [-0.39, 0.29) is 0 Å². The molecule has 2 aromatic heterocycles. The minimum absolute atomic E-state index is 0.827. The number of benzene rings is 2. The van der Waals surface area contributed by atoms with E-state index in [4.69, 9.17) is 0 Å². The van der Waals surface area contributed by atoms with Crippen molar-refractivity contribution < 1.29 is 0 Å². The van der Waals surface area contributed by atoms with E-state index in [1.54, 1.807) is 5.56 Å². The van der Waals surface area contributed by atoms with Crippen LogP contribution in [0.4, 0.5) is 11.4 Å². The molecule has 2 heterocycles. The number of aromatic nitrogens is 1. The molecule has 1 N–H and O–H groups in total. The summed E-state index contributed by atoms with van der Waals surface area (Å²) in [5.41, 5.74) is 11.1. The Balaban J connectivity index is 1.44. The van der Waals surface area contributed by atoms with E-state index in [9.17, 15) is 0 Å². The summed E-state index contributed by atoms with van der Waals surface area (Å²) in [5, 5.41) is 3.71. The zero-order valence-electron chi connectivity index (χ0n) is 18.6. The Morgan fingerprint density at radius 2 is 1.74 bits per heavy atom. The van der Waals surface area contributed by atoms with Crippen molar-refractivity contribution in [3.8, 4) is 0 Å². The van der Waals surface area contributed by atoms with Gasteiger partial charge < -0.3 is 14.6 Å². The van der Waals surface area contributed by atoms with Crippen LogP contribution in [-0.4, -0.2) is 18.5 Å². The van der Waals surface area contributed by atoms with Crippen LogP contribution >= 0.6 is 0 Å². The lowest BCUT2D eigenvalue weighted by Crippen LogP contribution is -2.09. The van der Waals surface area contributed by atoms with Crippen molar-refractivity contribution in [2.45, 2.75) is 38.6 Å². The average molecular weight is 410 g/mol. The molecule has 158 valence electrons. The third kappa shape index (κ3) is 3.93. The molecule has 0 aliphatic heterocycles. The van der Waals surface area contributed by atoms with Crippen molar-refractivity contribution in [1.82, 2.24) is 4.40 Å². The lowest BCUT2D eigenvalue weighted by molar-refractivity contribution is 0.666. The third-order valence-electron chi connectivity index (χ3n) is 6.56. The normalized spacial score (nSPS) is 13.2. The minimum atomic E-state index is 0.827. The first-order valence-corrected chi connectivity index (χ1v) is 11.4. The lowest BCUT2D eigenvalue weighted by Gasteiger charge is -2.16. The maximum Gasteiger partial charge on any atom is 0.0491 e. The molecule has 0 amide bonds. The summed E-state index contributed by atoms with van der Waals surface area (Å²) in [4.78, 5) is 2.15. The quantitative estimate of drug-likeness (QED) is 0.416. The summed E-state index contributed by atoms with van der Waals surface area (Å²) in [6, 6.07) is 24.2. The number of anilines is 2. The number of pyridine rings is 1. The molecule has 0 radical (unpaired) electrons. The van der Waals surface area contributed by atoms with Gasteiger partial charge >= 0.3 is 0 Å². The van der Waals surface area contributed by atoms with Crippen molar-refractivity contribution in [1.29, 1.82) is 0 Å². The summed E-state index contributed by atoms with van der Waals surface area (Å²) in [5.74, 6) is 0. The van der Waals surface area contributed by atoms with Gasteiger partial charge in [0.25, 0.3) is 0 Å². The van der Waals surface area contributed by atoms with Crippen LogP contribution in [0.1, 0.15) is 40.8 Å². The summed E-state index contributed by atoms with van der Waals surface area (Å²) < 4.78 is 2.44. The molecule has 4 aromatic rings. The van der Waals surface area contributed by atoms with Gasteiger partial charge in [-0.25, -0.2) is 0 Å². The number of para-hydroxylation sites is 1. The number of nitrogens with one attached hydrogen (secondary N) is 1. The first-order valence-electron chi connectivity index (χ1n) is 11.4. The first kappa shape index (κ1) is 19.7. The highest BCUT2D eigenvalue weighted by atomic mass is 15.1. The van der Waals surface area contributed by atoms with E-state index >= 15 is 0 Å². The number of nitrogens with zero attached hydrogens (tertiary/aromatic N) is 2. The van der Waals surface area contributed by atoms with Gasteiger partial charge in [0.15, 0.2) is 0 Å². The van der Waals surface area contributed by atoms with Gasteiger partial charge in [-0.05, 0) is 78.3 Å². The van der Waals surface area contributed by atoms with Crippen LogP contribution in [0.25, 0.3) is 5.52 Å². The fraction of sp³-hybridized carbons (Fsp3) is 0.286. The highest BCUT2D eigenvalue weighted by Crippen LogP contribution is 2.33. The molecule has 0 bridgehead atoms. The largest absolute Gasteiger partial charge is 0.381 e. The van der Waals surface area contributed by atoms with E-state index in [0.29, 0.717) is 0 Å². The molecule has 1 aliphatic carbocycles. The monoisotopic (exact) mass is 409 g/mol. The molecule has 3 nitrogen and oxygen atoms in total. The van der Waals surface area contributed by atoms with Crippen molar-refractivity contribution in [3.05, 3.63) is 101 Å². The fourth-order valence-electron chi connectivity index (χ4n) is 4.94. The Labute approximate surface area is 185 Å². The highest BCUT2D eigenvalue weighted by Gasteiger charge is 2.21. The number of fused-ring (bicyclic) bond motifs is 3. The van der Waals surface area contributed by atoms with E-state index < -0.39 is 0 Å². The van der Waals surface area contributed by atoms with Gasteiger partial charge in [0.2, 0.25) is 0 Å². The molecule has 0 spiro atoms. The molecular formula is C28H31N3. The molecule has 2 aromatic carbocycles. The molecule has 0 fully saturated rings. The Kier molecular flexibility index (Phi) is 5.42. The summed E-state index contributed by atoms with van der Waals surface area (Å²) >= 11 is 0. The molecule has 0 saturated carbocycles. The number of rotatable bonds is 6. The van der Waals surface area contributed by atoms with Gasteiger partial charge in [-0.15, -0.1) is 0 Å². The topological polar surface area (TPSA) is 19.7 Å². The van der Waals surface area contributed by atoms with Crippen LogP contribution in [0.15, 0.2) is 72.9 Å². The van der Waals surface area contributed by atoms with Crippen molar-refractivity contribution in [3.63, 3.8) is 0 Å². The Hall–Kier alpha value is -3.20. The van der Waals surface area contributed by atoms with Crippen molar-refractivity contribution >= 4 is 16.9 Å². The van der Waals surface area contributed by atoms with Crippen LogP contribution in [0, 0.1) is 0 Å². The van der Waals surface area contributed by atoms with Crippen molar-refractivity contribution in [2.24, 2.45) is 0 Å². The molecule has 31 heavy (non-hydrogen) atoms. The molecule has 0 unspecified atom stereocenters. The number of hydrogen-bond acceptors (Lipinski definition) is 2. The van der Waals surface area contributed by atoms with Gasteiger partial charge in [0, 0.05) is 55.8 Å². The van der Waals surface area contributed by atoms with Crippen LogP contribution in [-0.2, 0) is 25.8 Å². The van der Waals surface area contributed by atoms with Gasteiger partial charge in [0.1, 0.15) is 0 Å². The Morgan fingerprint density at radius 1 is 0.903 bits per heavy atom. The fourth-order valence-corrected chi connectivity index (χ4v) is 4.94. The Morgan fingerprint density at radius 3 is 2.65 bits per heavy atom. The third-order valence-corrected chi connectivity index (χ3v) is 6.56. The maximum atomic E-state index is 3.71. The molecule has 3 heteroatoms. The summed E-state index contributed by atoms with van der Waals surface area (Å²) in [6.45, 7) is 0.827. The average Bonchev–Trinajstić information content (AvgIpc) is 3.13. The number of aryl methyl sites for hydroxylation is 1. The standard InChI is InChI=1S/C28H31N3/c1-30(2)23-12-9-10-21(18-23)20-29-26-14-5-3-11-22(26)19-25-24-13-4-6-15-27(24)31-17-8-7-16-28(25)31/h3,5,7-12,14,16-18,29H,4,6,13,15,19-20H2,1-2H3. The lowest BCUT2D eigenvalue weighted by atomic mass is 9.91. The van der Waals surface area contributed by atoms with E-state index in [1.165, 1.54) is 65.0 Å². The van der Waals surface area contributed by atoms with Gasteiger partial charge in [-0.2, -0.15) is 0 Å². The Bertz CT molecular complexity index is 1200. The maximum absolute atomic E-state index is 3.71. The predicted octanol–water partition coefficient (Wildman–Crippen LogP) is 6.09. The molecule has 5 rings (SSSR count). The minimum Gasteiger partial charge on any atom is -0.381 e.